The Morgan fingerprint density at radius 3 is 2.75 bits per heavy atom. The average Bonchev–Trinajstić information content (AvgIpc) is 2.30. The first-order valence-corrected chi connectivity index (χ1v) is 5.68. The van der Waals surface area contributed by atoms with Gasteiger partial charge in [0, 0.05) is 0 Å². The van der Waals surface area contributed by atoms with E-state index < -0.39 is 0 Å². The van der Waals surface area contributed by atoms with E-state index in [1.165, 1.54) is 0 Å². The molecule has 3 heteroatoms. The number of nitrogens with two attached hydrogens (primary N) is 1. The summed E-state index contributed by atoms with van der Waals surface area (Å²) in [4.78, 5) is 11.8. The summed E-state index contributed by atoms with van der Waals surface area (Å²) >= 11 is 0. The van der Waals surface area contributed by atoms with Crippen molar-refractivity contribution in [3.05, 3.63) is 35.4 Å². The second-order valence-corrected chi connectivity index (χ2v) is 3.82. The van der Waals surface area contributed by atoms with Crippen molar-refractivity contribution in [2.75, 3.05) is 6.54 Å². The Morgan fingerprint density at radius 2 is 2.12 bits per heavy atom. The zero-order chi connectivity index (χ0) is 12.0. The van der Waals surface area contributed by atoms with Crippen LogP contribution in [0.1, 0.15) is 36.2 Å². The molecule has 0 bridgehead atoms. The topological polar surface area (TPSA) is 52.3 Å². The normalized spacial score (nSPS) is 12.2. The molecule has 1 aromatic rings. The highest BCUT2D eigenvalue weighted by Gasteiger charge is 2.13. The number of carbonyl (C=O) groups excluding carboxylic acids is 1. The van der Waals surface area contributed by atoms with Gasteiger partial charge in [-0.15, -0.1) is 0 Å². The average molecular weight is 221 g/mol. The maximum atomic E-state index is 11.8. The molecular formula is C13H19NO2. The van der Waals surface area contributed by atoms with Gasteiger partial charge >= 0.3 is 5.97 Å². The van der Waals surface area contributed by atoms with Crippen LogP contribution in [0, 0.1) is 0 Å². The van der Waals surface area contributed by atoms with Crippen LogP contribution in [0.25, 0.3) is 0 Å². The quantitative estimate of drug-likeness (QED) is 0.775. The molecule has 0 saturated carbocycles. The minimum absolute atomic E-state index is 0.0431. The Balaban J connectivity index is 2.81. The molecule has 88 valence electrons. The third-order valence-electron chi connectivity index (χ3n) is 2.53. The lowest BCUT2D eigenvalue weighted by molar-refractivity contribution is 0.0333. The van der Waals surface area contributed by atoms with Gasteiger partial charge in [0.2, 0.25) is 0 Å². The summed E-state index contributed by atoms with van der Waals surface area (Å²) in [5, 5.41) is 0. The minimum atomic E-state index is -0.251. The molecule has 1 rings (SSSR count). The number of hydrogen-bond donors (Lipinski definition) is 1. The molecule has 0 heterocycles. The predicted octanol–water partition coefficient (Wildman–Crippen LogP) is 2.14. The van der Waals surface area contributed by atoms with Crippen LogP contribution in [0.4, 0.5) is 0 Å². The molecule has 0 spiro atoms. The molecule has 0 amide bonds. The second-order valence-electron chi connectivity index (χ2n) is 3.82. The van der Waals surface area contributed by atoms with Crippen molar-refractivity contribution in [2.24, 2.45) is 5.73 Å². The van der Waals surface area contributed by atoms with Crippen molar-refractivity contribution in [1.29, 1.82) is 0 Å². The van der Waals surface area contributed by atoms with Gasteiger partial charge in [0.05, 0.1) is 11.7 Å². The highest BCUT2D eigenvalue weighted by Crippen LogP contribution is 2.12. The van der Waals surface area contributed by atoms with Crippen molar-refractivity contribution in [2.45, 2.75) is 32.8 Å². The lowest BCUT2D eigenvalue weighted by Crippen LogP contribution is -2.16. The Labute approximate surface area is 96.6 Å². The number of hydrogen-bond acceptors (Lipinski definition) is 3. The fraction of sp³-hybridized carbons (Fsp3) is 0.462. The van der Waals surface area contributed by atoms with Gasteiger partial charge in [0.15, 0.2) is 0 Å². The molecule has 0 saturated heterocycles. The highest BCUT2D eigenvalue weighted by molar-refractivity contribution is 5.91. The molecule has 2 N–H and O–H groups in total. The molecule has 0 aliphatic rings. The van der Waals surface area contributed by atoms with Gasteiger partial charge in [-0.3, -0.25) is 0 Å². The fourth-order valence-corrected chi connectivity index (χ4v) is 1.42. The van der Waals surface area contributed by atoms with Gasteiger partial charge in [-0.25, -0.2) is 4.79 Å². The lowest BCUT2D eigenvalue weighted by Gasteiger charge is -2.13. The van der Waals surface area contributed by atoms with Crippen molar-refractivity contribution in [3.8, 4) is 0 Å². The zero-order valence-electron chi connectivity index (χ0n) is 9.90. The first-order valence-electron chi connectivity index (χ1n) is 5.68. The zero-order valence-corrected chi connectivity index (χ0v) is 9.90. The van der Waals surface area contributed by atoms with Crippen LogP contribution >= 0.6 is 0 Å². The SMILES string of the molecule is CCC(C)OC(=O)c1ccccc1CCN. The van der Waals surface area contributed by atoms with Gasteiger partial charge in [-0.05, 0) is 37.9 Å². The van der Waals surface area contributed by atoms with Crippen molar-refractivity contribution >= 4 is 5.97 Å². The van der Waals surface area contributed by atoms with Crippen LogP contribution in [-0.4, -0.2) is 18.6 Å². The van der Waals surface area contributed by atoms with E-state index in [1.807, 2.05) is 32.0 Å². The summed E-state index contributed by atoms with van der Waals surface area (Å²) in [5.74, 6) is -0.251. The first-order chi connectivity index (χ1) is 7.69. The van der Waals surface area contributed by atoms with E-state index in [0.717, 1.165) is 12.0 Å². The third kappa shape index (κ3) is 3.35. The highest BCUT2D eigenvalue weighted by atomic mass is 16.5. The van der Waals surface area contributed by atoms with E-state index in [-0.39, 0.29) is 12.1 Å². The van der Waals surface area contributed by atoms with Crippen molar-refractivity contribution in [3.63, 3.8) is 0 Å². The summed E-state index contributed by atoms with van der Waals surface area (Å²) in [5.41, 5.74) is 7.09. The lowest BCUT2D eigenvalue weighted by atomic mass is 10.0. The number of carbonyl (C=O) groups is 1. The third-order valence-corrected chi connectivity index (χ3v) is 2.53. The standard InChI is InChI=1S/C13H19NO2/c1-3-10(2)16-13(15)12-7-5-4-6-11(12)8-9-14/h4-7,10H,3,8-9,14H2,1-2H3. The fourth-order valence-electron chi connectivity index (χ4n) is 1.42. The van der Waals surface area contributed by atoms with Crippen molar-refractivity contribution < 1.29 is 9.53 Å². The van der Waals surface area contributed by atoms with Crippen LogP contribution in [0.3, 0.4) is 0 Å². The Bertz CT molecular complexity index is 350. The molecule has 0 aliphatic carbocycles. The molecule has 0 fully saturated rings. The van der Waals surface area contributed by atoms with E-state index in [1.54, 1.807) is 6.07 Å². The van der Waals surface area contributed by atoms with Gasteiger partial charge in [0.25, 0.3) is 0 Å². The van der Waals surface area contributed by atoms with Gasteiger partial charge in [-0.1, -0.05) is 25.1 Å². The van der Waals surface area contributed by atoms with E-state index in [9.17, 15) is 4.79 Å². The maximum Gasteiger partial charge on any atom is 0.338 e. The van der Waals surface area contributed by atoms with E-state index in [0.29, 0.717) is 18.5 Å². The Hall–Kier alpha value is -1.35. The minimum Gasteiger partial charge on any atom is -0.459 e. The van der Waals surface area contributed by atoms with E-state index >= 15 is 0 Å². The first kappa shape index (κ1) is 12.7. The molecule has 16 heavy (non-hydrogen) atoms. The molecule has 3 nitrogen and oxygen atoms in total. The summed E-state index contributed by atoms with van der Waals surface area (Å²) < 4.78 is 5.29. The van der Waals surface area contributed by atoms with Crippen molar-refractivity contribution in [1.82, 2.24) is 0 Å². The van der Waals surface area contributed by atoms with Crippen LogP contribution in [0.2, 0.25) is 0 Å². The summed E-state index contributed by atoms with van der Waals surface area (Å²) in [6.45, 7) is 4.42. The van der Waals surface area contributed by atoms with Gasteiger partial charge < -0.3 is 10.5 Å². The molecule has 0 aromatic heterocycles. The monoisotopic (exact) mass is 221 g/mol. The summed E-state index contributed by atoms with van der Waals surface area (Å²) in [6.07, 6.45) is 1.48. The van der Waals surface area contributed by atoms with Gasteiger partial charge in [0.1, 0.15) is 0 Å². The predicted molar refractivity (Wildman–Crippen MR) is 64.4 cm³/mol. The van der Waals surface area contributed by atoms with E-state index in [2.05, 4.69) is 0 Å². The molecule has 1 unspecified atom stereocenters. The molecule has 1 atom stereocenters. The summed E-state index contributed by atoms with van der Waals surface area (Å²) in [7, 11) is 0. The number of esters is 1. The van der Waals surface area contributed by atoms with Crippen LogP contribution in [0.15, 0.2) is 24.3 Å². The van der Waals surface area contributed by atoms with Crippen LogP contribution in [-0.2, 0) is 11.2 Å². The molecule has 0 radical (unpaired) electrons. The smallest absolute Gasteiger partial charge is 0.338 e. The van der Waals surface area contributed by atoms with Gasteiger partial charge in [-0.2, -0.15) is 0 Å². The molecule has 0 aliphatic heterocycles. The Morgan fingerprint density at radius 1 is 1.44 bits per heavy atom. The second kappa shape index (κ2) is 6.28. The molecule has 1 aromatic carbocycles. The number of ether oxygens (including phenoxy) is 1. The summed E-state index contributed by atoms with van der Waals surface area (Å²) in [6, 6.07) is 7.45. The van der Waals surface area contributed by atoms with Crippen LogP contribution < -0.4 is 5.73 Å². The largest absolute Gasteiger partial charge is 0.459 e. The molecular weight excluding hydrogens is 202 g/mol. The Kier molecular flexibility index (Phi) is 4.99. The van der Waals surface area contributed by atoms with Crippen LogP contribution in [0.5, 0.6) is 0 Å². The maximum absolute atomic E-state index is 11.8. The number of benzene rings is 1. The number of rotatable bonds is 5. The van der Waals surface area contributed by atoms with E-state index in [4.69, 9.17) is 10.5 Å².